The van der Waals surface area contributed by atoms with Gasteiger partial charge in [0.05, 0.1) is 11.6 Å². The quantitative estimate of drug-likeness (QED) is 0.842. The maximum atomic E-state index is 5.68. The third-order valence-electron chi connectivity index (χ3n) is 3.07. The molecule has 3 rings (SSSR count). The highest BCUT2D eigenvalue weighted by Gasteiger charge is 2.20. The molecule has 1 heterocycles. The van der Waals surface area contributed by atoms with Crippen molar-refractivity contribution in [3.05, 3.63) is 46.4 Å². The first-order chi connectivity index (χ1) is 9.40. The number of thiazole rings is 1. The molecule has 0 saturated heterocycles. The zero-order valence-corrected chi connectivity index (χ0v) is 11.7. The SMILES string of the molecule is c1ccc(OCCc2ncc(CNC3CC3)s2)cc1. The van der Waals surface area contributed by atoms with Gasteiger partial charge in [-0.15, -0.1) is 11.3 Å². The van der Waals surface area contributed by atoms with Gasteiger partial charge in [-0.3, -0.25) is 0 Å². The normalized spacial score (nSPS) is 14.5. The van der Waals surface area contributed by atoms with E-state index in [1.807, 2.05) is 36.5 Å². The number of benzene rings is 1. The molecule has 0 spiro atoms. The molecule has 1 aromatic carbocycles. The zero-order valence-electron chi connectivity index (χ0n) is 10.8. The van der Waals surface area contributed by atoms with Gasteiger partial charge in [0.1, 0.15) is 5.75 Å². The average molecular weight is 274 g/mol. The van der Waals surface area contributed by atoms with E-state index in [9.17, 15) is 0 Å². The van der Waals surface area contributed by atoms with Crippen molar-refractivity contribution >= 4 is 11.3 Å². The van der Waals surface area contributed by atoms with E-state index in [1.165, 1.54) is 17.7 Å². The van der Waals surface area contributed by atoms with Crippen LogP contribution < -0.4 is 10.1 Å². The maximum absolute atomic E-state index is 5.68. The summed E-state index contributed by atoms with van der Waals surface area (Å²) in [5, 5.41) is 4.66. The molecule has 0 radical (unpaired) electrons. The Bertz CT molecular complexity index is 508. The van der Waals surface area contributed by atoms with E-state index >= 15 is 0 Å². The first-order valence-corrected chi connectivity index (χ1v) is 7.56. The molecule has 1 aliphatic rings. The van der Waals surface area contributed by atoms with Gasteiger partial charge in [0, 0.05) is 30.1 Å². The number of ether oxygens (including phenoxy) is 1. The number of para-hydroxylation sites is 1. The fraction of sp³-hybridized carbons (Fsp3) is 0.400. The second-order valence-electron chi connectivity index (χ2n) is 4.79. The number of hydrogen-bond acceptors (Lipinski definition) is 4. The largest absolute Gasteiger partial charge is 0.493 e. The van der Waals surface area contributed by atoms with E-state index in [1.54, 1.807) is 11.3 Å². The highest BCUT2D eigenvalue weighted by molar-refractivity contribution is 7.11. The van der Waals surface area contributed by atoms with Crippen molar-refractivity contribution in [3.63, 3.8) is 0 Å². The van der Waals surface area contributed by atoms with Crippen LogP contribution in [0, 0.1) is 0 Å². The summed E-state index contributed by atoms with van der Waals surface area (Å²) in [5.41, 5.74) is 0. The fourth-order valence-corrected chi connectivity index (χ4v) is 2.70. The number of hydrogen-bond donors (Lipinski definition) is 1. The van der Waals surface area contributed by atoms with E-state index in [0.29, 0.717) is 6.61 Å². The molecule has 0 bridgehead atoms. The molecule has 0 amide bonds. The summed E-state index contributed by atoms with van der Waals surface area (Å²) in [6, 6.07) is 10.7. The van der Waals surface area contributed by atoms with E-state index < -0.39 is 0 Å². The minimum Gasteiger partial charge on any atom is -0.493 e. The van der Waals surface area contributed by atoms with Crippen LogP contribution in [-0.2, 0) is 13.0 Å². The van der Waals surface area contributed by atoms with Crippen LogP contribution in [0.4, 0.5) is 0 Å². The lowest BCUT2D eigenvalue weighted by Gasteiger charge is -2.03. The average Bonchev–Trinajstić information content (AvgIpc) is 3.17. The van der Waals surface area contributed by atoms with Crippen molar-refractivity contribution in [2.24, 2.45) is 0 Å². The first-order valence-electron chi connectivity index (χ1n) is 6.75. The standard InChI is InChI=1S/C15H18N2OS/c1-2-4-13(5-3-1)18-9-8-15-17-11-14(19-15)10-16-12-6-7-12/h1-5,11-12,16H,6-10H2. The smallest absolute Gasteiger partial charge is 0.119 e. The third kappa shape index (κ3) is 4.04. The summed E-state index contributed by atoms with van der Waals surface area (Å²) < 4.78 is 5.68. The van der Waals surface area contributed by atoms with Crippen LogP contribution in [0.2, 0.25) is 0 Å². The molecule has 0 unspecified atom stereocenters. The number of aromatic nitrogens is 1. The number of nitrogens with one attached hydrogen (secondary N) is 1. The number of rotatable bonds is 7. The van der Waals surface area contributed by atoms with E-state index in [2.05, 4.69) is 10.3 Å². The maximum Gasteiger partial charge on any atom is 0.119 e. The van der Waals surface area contributed by atoms with Crippen molar-refractivity contribution in [2.75, 3.05) is 6.61 Å². The van der Waals surface area contributed by atoms with Crippen LogP contribution in [0.1, 0.15) is 22.7 Å². The molecule has 4 heteroatoms. The Labute approximate surface area is 117 Å². The molecule has 0 atom stereocenters. The second kappa shape index (κ2) is 6.17. The summed E-state index contributed by atoms with van der Waals surface area (Å²) in [6.07, 6.45) is 5.52. The Kier molecular flexibility index (Phi) is 4.10. The molecule has 1 aliphatic carbocycles. The lowest BCUT2D eigenvalue weighted by Crippen LogP contribution is -2.14. The minimum atomic E-state index is 0.688. The third-order valence-corrected chi connectivity index (χ3v) is 4.13. The van der Waals surface area contributed by atoms with Crippen LogP contribution in [-0.4, -0.2) is 17.6 Å². The Morgan fingerprint density at radius 1 is 1.26 bits per heavy atom. The van der Waals surface area contributed by atoms with Gasteiger partial charge >= 0.3 is 0 Å². The van der Waals surface area contributed by atoms with Gasteiger partial charge in [0.25, 0.3) is 0 Å². The molecule has 3 nitrogen and oxygen atoms in total. The predicted octanol–water partition coefficient (Wildman–Crippen LogP) is 3.02. The Morgan fingerprint density at radius 3 is 2.89 bits per heavy atom. The summed E-state index contributed by atoms with van der Waals surface area (Å²) in [6.45, 7) is 1.65. The summed E-state index contributed by atoms with van der Waals surface area (Å²) >= 11 is 1.78. The molecule has 0 aliphatic heterocycles. The second-order valence-corrected chi connectivity index (χ2v) is 5.99. The zero-order chi connectivity index (χ0) is 12.9. The summed E-state index contributed by atoms with van der Waals surface area (Å²) in [5.74, 6) is 0.926. The van der Waals surface area contributed by atoms with Crippen molar-refractivity contribution < 1.29 is 4.74 Å². The van der Waals surface area contributed by atoms with E-state index in [-0.39, 0.29) is 0 Å². The molecule has 100 valence electrons. The van der Waals surface area contributed by atoms with Crippen LogP contribution in [0.5, 0.6) is 5.75 Å². The summed E-state index contributed by atoms with van der Waals surface area (Å²) in [4.78, 5) is 5.77. The molecular weight excluding hydrogens is 256 g/mol. The highest BCUT2D eigenvalue weighted by atomic mass is 32.1. The molecular formula is C15H18N2OS. The fourth-order valence-electron chi connectivity index (χ4n) is 1.85. The minimum absolute atomic E-state index is 0.688. The molecule has 19 heavy (non-hydrogen) atoms. The van der Waals surface area contributed by atoms with Gasteiger partial charge in [-0.2, -0.15) is 0 Å². The Hall–Kier alpha value is -1.39. The van der Waals surface area contributed by atoms with Crippen LogP contribution in [0.15, 0.2) is 36.5 Å². The summed E-state index contributed by atoms with van der Waals surface area (Å²) in [7, 11) is 0. The van der Waals surface area contributed by atoms with Crippen LogP contribution in [0.25, 0.3) is 0 Å². The molecule has 2 aromatic rings. The molecule has 1 N–H and O–H groups in total. The van der Waals surface area contributed by atoms with Gasteiger partial charge in [0.2, 0.25) is 0 Å². The Morgan fingerprint density at radius 2 is 2.11 bits per heavy atom. The topological polar surface area (TPSA) is 34.1 Å². The van der Waals surface area contributed by atoms with Gasteiger partial charge in [-0.1, -0.05) is 18.2 Å². The van der Waals surface area contributed by atoms with Gasteiger partial charge in [-0.05, 0) is 25.0 Å². The monoisotopic (exact) mass is 274 g/mol. The highest BCUT2D eigenvalue weighted by Crippen LogP contribution is 2.21. The first kappa shape index (κ1) is 12.6. The van der Waals surface area contributed by atoms with Gasteiger partial charge < -0.3 is 10.1 Å². The van der Waals surface area contributed by atoms with E-state index in [4.69, 9.17) is 4.74 Å². The van der Waals surface area contributed by atoms with E-state index in [0.717, 1.165) is 29.8 Å². The van der Waals surface area contributed by atoms with Crippen LogP contribution in [0.3, 0.4) is 0 Å². The lowest BCUT2D eigenvalue weighted by atomic mass is 10.3. The lowest BCUT2D eigenvalue weighted by molar-refractivity contribution is 0.322. The van der Waals surface area contributed by atoms with Crippen molar-refractivity contribution in [2.45, 2.75) is 31.8 Å². The molecule has 1 aromatic heterocycles. The predicted molar refractivity (Wildman–Crippen MR) is 77.6 cm³/mol. The Balaban J connectivity index is 1.42. The van der Waals surface area contributed by atoms with Gasteiger partial charge in [0.15, 0.2) is 0 Å². The van der Waals surface area contributed by atoms with Crippen molar-refractivity contribution in [1.29, 1.82) is 0 Å². The van der Waals surface area contributed by atoms with Crippen LogP contribution >= 0.6 is 11.3 Å². The van der Waals surface area contributed by atoms with Crippen molar-refractivity contribution in [3.8, 4) is 5.75 Å². The van der Waals surface area contributed by atoms with Gasteiger partial charge in [-0.25, -0.2) is 4.98 Å². The molecule has 1 fully saturated rings. The number of nitrogens with zero attached hydrogens (tertiary/aromatic N) is 1. The van der Waals surface area contributed by atoms with Crippen molar-refractivity contribution in [1.82, 2.24) is 10.3 Å². The molecule has 1 saturated carbocycles.